The highest BCUT2D eigenvalue weighted by molar-refractivity contribution is 6.30. The molecule has 0 unspecified atom stereocenters. The normalized spacial score (nSPS) is 16.5. The van der Waals surface area contributed by atoms with Crippen LogP contribution in [0.1, 0.15) is 31.0 Å². The highest BCUT2D eigenvalue weighted by Gasteiger charge is 2.37. The van der Waals surface area contributed by atoms with Crippen LogP contribution in [0.15, 0.2) is 59.8 Å². The van der Waals surface area contributed by atoms with Crippen molar-refractivity contribution in [3.8, 4) is 5.75 Å². The van der Waals surface area contributed by atoms with Crippen molar-refractivity contribution in [3.63, 3.8) is 0 Å². The number of methoxy groups -OCH3 is 1. The molecule has 0 radical (unpaired) electrons. The van der Waals surface area contributed by atoms with Gasteiger partial charge in [-0.05, 0) is 37.6 Å². The van der Waals surface area contributed by atoms with Crippen molar-refractivity contribution in [2.45, 2.75) is 26.5 Å². The molecular formula is C22H23ClN2O4. The lowest BCUT2D eigenvalue weighted by atomic mass is 9.94. The Morgan fingerprint density at radius 3 is 2.59 bits per heavy atom. The first-order valence-corrected chi connectivity index (χ1v) is 9.67. The van der Waals surface area contributed by atoms with Crippen LogP contribution in [0.5, 0.6) is 5.75 Å². The Morgan fingerprint density at radius 2 is 1.93 bits per heavy atom. The zero-order valence-electron chi connectivity index (χ0n) is 16.6. The van der Waals surface area contributed by atoms with Gasteiger partial charge < -0.3 is 14.8 Å². The van der Waals surface area contributed by atoms with Crippen LogP contribution < -0.4 is 10.1 Å². The Hall–Kier alpha value is -2.99. The Morgan fingerprint density at radius 1 is 1.21 bits per heavy atom. The third-order valence-corrected chi connectivity index (χ3v) is 5.07. The predicted octanol–water partition coefficient (Wildman–Crippen LogP) is 4.45. The molecule has 29 heavy (non-hydrogen) atoms. The molecule has 3 rings (SSSR count). The van der Waals surface area contributed by atoms with Gasteiger partial charge in [-0.2, -0.15) is 0 Å². The van der Waals surface area contributed by atoms with Crippen LogP contribution in [0.2, 0.25) is 5.02 Å². The lowest BCUT2D eigenvalue weighted by Crippen LogP contribution is -2.47. The van der Waals surface area contributed by atoms with E-state index < -0.39 is 12.0 Å². The lowest BCUT2D eigenvalue weighted by molar-refractivity contribution is -0.136. The van der Waals surface area contributed by atoms with Gasteiger partial charge in [-0.15, -0.1) is 0 Å². The maximum absolute atomic E-state index is 12.6. The van der Waals surface area contributed by atoms with Crippen LogP contribution >= 0.6 is 11.6 Å². The van der Waals surface area contributed by atoms with Crippen LogP contribution in [-0.2, 0) is 16.1 Å². The summed E-state index contributed by atoms with van der Waals surface area (Å²) in [6, 6.07) is 13.8. The molecular weight excluding hydrogens is 392 g/mol. The van der Waals surface area contributed by atoms with E-state index in [2.05, 4.69) is 5.32 Å². The molecule has 0 saturated carbocycles. The summed E-state index contributed by atoms with van der Waals surface area (Å²) in [5.41, 5.74) is 2.48. The fraction of sp³-hybridized carbons (Fsp3) is 0.273. The zero-order valence-corrected chi connectivity index (χ0v) is 17.3. The number of nitrogens with zero attached hydrogens (tertiary/aromatic N) is 1. The minimum Gasteiger partial charge on any atom is -0.489 e. The van der Waals surface area contributed by atoms with Crippen molar-refractivity contribution in [2.75, 3.05) is 13.7 Å². The Balaban J connectivity index is 2.03. The second kappa shape index (κ2) is 9.01. The summed E-state index contributed by atoms with van der Waals surface area (Å²) < 4.78 is 11.0. The SMILES string of the molecule is CCN1C(=O)N[C@@H](c2cc(Cl)ccc2OCc2ccccc2)C(C(=O)OC)=C1C. The van der Waals surface area contributed by atoms with E-state index in [1.807, 2.05) is 37.3 Å². The number of rotatable bonds is 6. The molecule has 1 aliphatic rings. The number of hydrogen-bond donors (Lipinski definition) is 1. The van der Waals surface area contributed by atoms with Gasteiger partial charge in [0, 0.05) is 22.8 Å². The molecule has 1 N–H and O–H groups in total. The molecule has 0 spiro atoms. The maximum Gasteiger partial charge on any atom is 0.337 e. The van der Waals surface area contributed by atoms with E-state index in [1.165, 1.54) is 12.0 Å². The lowest BCUT2D eigenvalue weighted by Gasteiger charge is -2.35. The third-order valence-electron chi connectivity index (χ3n) is 4.84. The van der Waals surface area contributed by atoms with Crippen molar-refractivity contribution >= 4 is 23.6 Å². The molecule has 0 bridgehead atoms. The number of carbonyl (C=O) groups excluding carboxylic acids is 2. The van der Waals surface area contributed by atoms with Crippen molar-refractivity contribution in [1.29, 1.82) is 0 Å². The van der Waals surface area contributed by atoms with Gasteiger partial charge in [-0.3, -0.25) is 4.90 Å². The largest absolute Gasteiger partial charge is 0.489 e. The van der Waals surface area contributed by atoms with Gasteiger partial charge in [0.05, 0.1) is 18.7 Å². The van der Waals surface area contributed by atoms with Crippen molar-refractivity contribution in [3.05, 3.63) is 76.0 Å². The number of halogens is 1. The summed E-state index contributed by atoms with van der Waals surface area (Å²) in [7, 11) is 1.32. The van der Waals surface area contributed by atoms with E-state index >= 15 is 0 Å². The predicted molar refractivity (Wildman–Crippen MR) is 111 cm³/mol. The fourth-order valence-electron chi connectivity index (χ4n) is 3.38. The van der Waals surface area contributed by atoms with Gasteiger partial charge in [-0.1, -0.05) is 41.9 Å². The molecule has 1 atom stereocenters. The topological polar surface area (TPSA) is 67.9 Å². The van der Waals surface area contributed by atoms with Gasteiger partial charge >= 0.3 is 12.0 Å². The van der Waals surface area contributed by atoms with Gasteiger partial charge in [0.2, 0.25) is 0 Å². The minimum atomic E-state index is -0.734. The molecule has 2 aromatic carbocycles. The second-order valence-electron chi connectivity index (χ2n) is 6.57. The third kappa shape index (κ3) is 4.38. The minimum absolute atomic E-state index is 0.295. The summed E-state index contributed by atoms with van der Waals surface area (Å²) in [6.07, 6.45) is 0. The molecule has 7 heteroatoms. The van der Waals surface area contributed by atoms with Crippen molar-refractivity contribution in [2.24, 2.45) is 0 Å². The number of benzene rings is 2. The Bertz CT molecular complexity index is 943. The monoisotopic (exact) mass is 414 g/mol. The molecule has 6 nitrogen and oxygen atoms in total. The number of esters is 1. The molecule has 0 saturated heterocycles. The van der Waals surface area contributed by atoms with E-state index in [0.717, 1.165) is 5.56 Å². The number of amides is 2. The Labute approximate surface area is 175 Å². The molecule has 152 valence electrons. The standard InChI is InChI=1S/C22H23ClN2O4/c1-4-25-14(2)19(21(26)28-3)20(24-22(25)27)17-12-16(23)10-11-18(17)29-13-15-8-6-5-7-9-15/h5-12,20H,4,13H2,1-3H3,(H,24,27)/t20-/m0/s1. The van der Waals surface area contributed by atoms with Gasteiger partial charge in [0.15, 0.2) is 0 Å². The summed E-state index contributed by atoms with van der Waals surface area (Å²) in [4.78, 5) is 26.7. The first kappa shape index (κ1) is 20.7. The first-order chi connectivity index (χ1) is 14.0. The number of allylic oxidation sites excluding steroid dienone is 1. The van der Waals surface area contributed by atoms with E-state index in [1.54, 1.807) is 25.1 Å². The van der Waals surface area contributed by atoms with Crippen LogP contribution in [0.3, 0.4) is 0 Å². The van der Waals surface area contributed by atoms with E-state index in [4.69, 9.17) is 21.1 Å². The molecule has 1 heterocycles. The quantitative estimate of drug-likeness (QED) is 0.709. The molecule has 0 fully saturated rings. The number of hydrogen-bond acceptors (Lipinski definition) is 4. The number of ether oxygens (including phenoxy) is 2. The van der Waals surface area contributed by atoms with Crippen molar-refractivity contribution in [1.82, 2.24) is 10.2 Å². The fourth-order valence-corrected chi connectivity index (χ4v) is 3.56. The van der Waals surface area contributed by atoms with Gasteiger partial charge in [0.25, 0.3) is 0 Å². The molecule has 2 aromatic rings. The summed E-state index contributed by atoms with van der Waals surface area (Å²) in [5.74, 6) is 0.0163. The summed E-state index contributed by atoms with van der Waals surface area (Å²) >= 11 is 6.23. The second-order valence-corrected chi connectivity index (χ2v) is 7.01. The molecule has 1 aliphatic heterocycles. The molecule has 2 amide bonds. The average molecular weight is 415 g/mol. The molecule has 0 aromatic heterocycles. The van der Waals surface area contributed by atoms with E-state index in [-0.39, 0.29) is 6.03 Å². The zero-order chi connectivity index (χ0) is 21.0. The number of carbonyl (C=O) groups is 2. The maximum atomic E-state index is 12.6. The number of nitrogens with one attached hydrogen (secondary N) is 1. The van der Waals surface area contributed by atoms with Gasteiger partial charge in [-0.25, -0.2) is 9.59 Å². The van der Waals surface area contributed by atoms with Gasteiger partial charge in [0.1, 0.15) is 12.4 Å². The van der Waals surface area contributed by atoms with E-state index in [9.17, 15) is 9.59 Å². The average Bonchev–Trinajstić information content (AvgIpc) is 2.73. The Kier molecular flexibility index (Phi) is 6.44. The summed E-state index contributed by atoms with van der Waals surface area (Å²) in [5, 5.41) is 3.36. The van der Waals surface area contributed by atoms with Crippen LogP contribution in [0, 0.1) is 0 Å². The smallest absolute Gasteiger partial charge is 0.337 e. The van der Waals surface area contributed by atoms with Crippen molar-refractivity contribution < 1.29 is 19.1 Å². The number of urea groups is 1. The highest BCUT2D eigenvalue weighted by Crippen LogP contribution is 2.37. The molecule has 0 aliphatic carbocycles. The highest BCUT2D eigenvalue weighted by atomic mass is 35.5. The van der Waals surface area contributed by atoms with E-state index in [0.29, 0.717) is 40.8 Å². The summed E-state index contributed by atoms with van der Waals surface area (Å²) in [6.45, 7) is 4.34. The van der Waals surface area contributed by atoms with Crippen LogP contribution in [0.25, 0.3) is 0 Å². The van der Waals surface area contributed by atoms with Crippen LogP contribution in [0.4, 0.5) is 4.79 Å². The first-order valence-electron chi connectivity index (χ1n) is 9.29. The van der Waals surface area contributed by atoms with Crippen LogP contribution in [-0.4, -0.2) is 30.6 Å².